The molecule has 0 amide bonds. The lowest BCUT2D eigenvalue weighted by molar-refractivity contribution is 0.411. The minimum Gasteiger partial charge on any atom is -0.321 e. The predicted molar refractivity (Wildman–Crippen MR) is 112 cm³/mol. The molecule has 6 heteroatoms. The molecule has 1 aromatic carbocycles. The van der Waals surface area contributed by atoms with Gasteiger partial charge in [0.15, 0.2) is 0 Å². The number of pyridine rings is 1. The standard InChI is InChI=1S/C20H24N4.2ClH/c1-3-20(21,4-2)14-7-9-17(22-11-14)15-8-10-18-16(12-23-24-18)19(15)13-5-6-13;;/h7-13H,3-6,21H2,1-2H3,(H,23,24);2*1H. The predicted octanol–water partition coefficient (Wildman–Crippen LogP) is 5.32. The van der Waals surface area contributed by atoms with E-state index < -0.39 is 0 Å². The summed E-state index contributed by atoms with van der Waals surface area (Å²) >= 11 is 0. The molecule has 1 fully saturated rings. The van der Waals surface area contributed by atoms with Crippen molar-refractivity contribution in [2.24, 2.45) is 5.73 Å². The minimum absolute atomic E-state index is 0. The lowest BCUT2D eigenvalue weighted by atomic mass is 9.86. The van der Waals surface area contributed by atoms with Crippen molar-refractivity contribution < 1.29 is 0 Å². The Kier molecular flexibility index (Phi) is 6.33. The summed E-state index contributed by atoms with van der Waals surface area (Å²) in [6, 6.07) is 8.54. The maximum Gasteiger partial charge on any atom is 0.0705 e. The molecule has 140 valence electrons. The number of rotatable bonds is 5. The van der Waals surface area contributed by atoms with Gasteiger partial charge in [0.05, 0.1) is 17.4 Å². The fourth-order valence-electron chi connectivity index (χ4n) is 3.58. The van der Waals surface area contributed by atoms with Crippen LogP contribution in [-0.2, 0) is 5.54 Å². The normalized spacial score (nSPS) is 14.0. The monoisotopic (exact) mass is 392 g/mol. The Morgan fingerprint density at radius 1 is 1.08 bits per heavy atom. The largest absolute Gasteiger partial charge is 0.321 e. The summed E-state index contributed by atoms with van der Waals surface area (Å²) in [6.07, 6.45) is 8.25. The van der Waals surface area contributed by atoms with Crippen LogP contribution in [0.1, 0.15) is 56.6 Å². The number of H-pyrrole nitrogens is 1. The molecule has 0 saturated heterocycles. The van der Waals surface area contributed by atoms with Crippen LogP contribution in [0, 0.1) is 0 Å². The number of hydrogen-bond donors (Lipinski definition) is 2. The fourth-order valence-corrected chi connectivity index (χ4v) is 3.58. The Hall–Kier alpha value is -1.62. The number of nitrogens with one attached hydrogen (secondary N) is 1. The van der Waals surface area contributed by atoms with E-state index >= 15 is 0 Å². The van der Waals surface area contributed by atoms with Crippen molar-refractivity contribution in [3.8, 4) is 11.3 Å². The molecule has 26 heavy (non-hydrogen) atoms. The number of nitrogens with zero attached hydrogens (tertiary/aromatic N) is 2. The van der Waals surface area contributed by atoms with Gasteiger partial charge in [0.2, 0.25) is 0 Å². The molecule has 4 nitrogen and oxygen atoms in total. The second kappa shape index (κ2) is 7.95. The van der Waals surface area contributed by atoms with E-state index in [1.54, 1.807) is 0 Å². The molecule has 0 atom stereocenters. The molecule has 0 radical (unpaired) electrons. The zero-order valence-corrected chi connectivity index (χ0v) is 16.8. The summed E-state index contributed by atoms with van der Waals surface area (Å²) in [5.41, 5.74) is 12.1. The van der Waals surface area contributed by atoms with E-state index in [0.717, 1.165) is 29.6 Å². The number of benzene rings is 1. The van der Waals surface area contributed by atoms with Crippen molar-refractivity contribution in [2.45, 2.75) is 51.0 Å². The average Bonchev–Trinajstić information content (AvgIpc) is 3.36. The molecular formula is C20H26Cl2N4. The zero-order chi connectivity index (χ0) is 16.7. The van der Waals surface area contributed by atoms with Gasteiger partial charge in [0.25, 0.3) is 0 Å². The number of aromatic nitrogens is 3. The van der Waals surface area contributed by atoms with Gasteiger partial charge >= 0.3 is 0 Å². The number of aromatic amines is 1. The van der Waals surface area contributed by atoms with Crippen LogP contribution >= 0.6 is 24.8 Å². The van der Waals surface area contributed by atoms with Crippen LogP contribution in [-0.4, -0.2) is 15.2 Å². The Balaban J connectivity index is 0.00000121. The Bertz CT molecular complexity index is 865. The van der Waals surface area contributed by atoms with Crippen LogP contribution in [0.25, 0.3) is 22.2 Å². The van der Waals surface area contributed by atoms with E-state index in [-0.39, 0.29) is 30.4 Å². The highest BCUT2D eigenvalue weighted by atomic mass is 35.5. The first kappa shape index (κ1) is 20.7. The summed E-state index contributed by atoms with van der Waals surface area (Å²) in [7, 11) is 0. The SMILES string of the molecule is CCC(N)(CC)c1ccc(-c2ccc3[nH]ncc3c2C2CC2)nc1.Cl.Cl. The third kappa shape index (κ3) is 3.46. The summed E-state index contributed by atoms with van der Waals surface area (Å²) in [5.74, 6) is 0.641. The Morgan fingerprint density at radius 2 is 1.81 bits per heavy atom. The van der Waals surface area contributed by atoms with Gasteiger partial charge in [-0.05, 0) is 54.9 Å². The van der Waals surface area contributed by atoms with Crippen LogP contribution in [0.5, 0.6) is 0 Å². The minimum atomic E-state index is -0.278. The van der Waals surface area contributed by atoms with Gasteiger partial charge in [-0.2, -0.15) is 5.10 Å². The van der Waals surface area contributed by atoms with Crippen molar-refractivity contribution in [1.29, 1.82) is 0 Å². The average molecular weight is 393 g/mol. The van der Waals surface area contributed by atoms with Gasteiger partial charge in [-0.15, -0.1) is 24.8 Å². The molecule has 0 unspecified atom stereocenters. The molecule has 3 N–H and O–H groups in total. The first-order chi connectivity index (χ1) is 11.7. The second-order valence-electron chi connectivity index (χ2n) is 6.93. The van der Waals surface area contributed by atoms with Crippen LogP contribution in [0.2, 0.25) is 0 Å². The van der Waals surface area contributed by atoms with E-state index in [0.29, 0.717) is 5.92 Å². The van der Waals surface area contributed by atoms with Crippen LogP contribution < -0.4 is 5.73 Å². The lowest BCUT2D eigenvalue weighted by Crippen LogP contribution is -2.35. The molecule has 1 saturated carbocycles. The number of hydrogen-bond acceptors (Lipinski definition) is 3. The third-order valence-electron chi connectivity index (χ3n) is 5.53. The van der Waals surface area contributed by atoms with Crippen molar-refractivity contribution >= 4 is 35.7 Å². The molecule has 0 aliphatic heterocycles. The summed E-state index contributed by atoms with van der Waals surface area (Å²) < 4.78 is 0. The van der Waals surface area contributed by atoms with Crippen molar-refractivity contribution in [1.82, 2.24) is 15.2 Å². The molecule has 1 aliphatic rings. The Labute approximate surface area is 166 Å². The molecule has 0 bridgehead atoms. The highest BCUT2D eigenvalue weighted by Gasteiger charge is 2.29. The van der Waals surface area contributed by atoms with E-state index in [4.69, 9.17) is 10.7 Å². The van der Waals surface area contributed by atoms with Crippen LogP contribution in [0.4, 0.5) is 0 Å². The molecule has 3 aromatic rings. The summed E-state index contributed by atoms with van der Waals surface area (Å²) in [4.78, 5) is 4.76. The zero-order valence-electron chi connectivity index (χ0n) is 15.2. The first-order valence-electron chi connectivity index (χ1n) is 8.88. The molecule has 2 aromatic heterocycles. The number of nitrogens with two attached hydrogens (primary N) is 1. The van der Waals surface area contributed by atoms with Gasteiger partial charge < -0.3 is 5.73 Å². The lowest BCUT2D eigenvalue weighted by Gasteiger charge is -2.27. The highest BCUT2D eigenvalue weighted by Crippen LogP contribution is 2.47. The van der Waals surface area contributed by atoms with Crippen molar-refractivity contribution in [3.05, 3.63) is 47.8 Å². The maximum atomic E-state index is 6.50. The van der Waals surface area contributed by atoms with E-state index in [1.165, 1.54) is 29.4 Å². The van der Waals surface area contributed by atoms with Gasteiger partial charge in [-0.1, -0.05) is 26.0 Å². The van der Waals surface area contributed by atoms with E-state index in [1.807, 2.05) is 12.4 Å². The smallest absolute Gasteiger partial charge is 0.0705 e. The van der Waals surface area contributed by atoms with Gasteiger partial charge in [-0.3, -0.25) is 10.1 Å². The molecule has 1 aliphatic carbocycles. The molecular weight excluding hydrogens is 367 g/mol. The summed E-state index contributed by atoms with van der Waals surface area (Å²) in [6.45, 7) is 4.27. The fraction of sp³-hybridized carbons (Fsp3) is 0.400. The molecule has 0 spiro atoms. The topological polar surface area (TPSA) is 67.6 Å². The van der Waals surface area contributed by atoms with Crippen molar-refractivity contribution in [3.63, 3.8) is 0 Å². The van der Waals surface area contributed by atoms with E-state index in [2.05, 4.69) is 48.3 Å². The molecule has 4 rings (SSSR count). The molecule has 2 heterocycles. The highest BCUT2D eigenvalue weighted by molar-refractivity contribution is 5.89. The van der Waals surface area contributed by atoms with Gasteiger partial charge in [0, 0.05) is 22.7 Å². The number of halogens is 2. The Morgan fingerprint density at radius 3 is 2.38 bits per heavy atom. The maximum absolute atomic E-state index is 6.50. The van der Waals surface area contributed by atoms with Gasteiger partial charge in [-0.25, -0.2) is 0 Å². The quantitative estimate of drug-likeness (QED) is 0.617. The summed E-state index contributed by atoms with van der Waals surface area (Å²) in [5, 5.41) is 8.52. The third-order valence-corrected chi connectivity index (χ3v) is 5.53. The first-order valence-corrected chi connectivity index (χ1v) is 8.88. The van der Waals surface area contributed by atoms with Gasteiger partial charge in [0.1, 0.15) is 0 Å². The van der Waals surface area contributed by atoms with Crippen LogP contribution in [0.3, 0.4) is 0 Å². The number of fused-ring (bicyclic) bond motifs is 1. The van der Waals surface area contributed by atoms with Crippen molar-refractivity contribution in [2.75, 3.05) is 0 Å². The van der Waals surface area contributed by atoms with E-state index in [9.17, 15) is 0 Å². The second-order valence-corrected chi connectivity index (χ2v) is 6.93. The van der Waals surface area contributed by atoms with Crippen LogP contribution in [0.15, 0.2) is 36.7 Å².